The molecule has 0 fully saturated rings. The van der Waals surface area contributed by atoms with Crippen LogP contribution in [0.3, 0.4) is 0 Å². The van der Waals surface area contributed by atoms with Gasteiger partial charge in [-0.05, 0) is 55.0 Å². The normalized spacial score (nSPS) is 11.9. The molecule has 31 heavy (non-hydrogen) atoms. The van der Waals surface area contributed by atoms with Crippen molar-refractivity contribution < 1.29 is 9.47 Å². The van der Waals surface area contributed by atoms with Crippen LogP contribution in [-0.2, 0) is 0 Å². The Morgan fingerprint density at radius 1 is 1.16 bits per heavy atom. The molecule has 0 amide bonds. The number of aromatic nitrogens is 3. The van der Waals surface area contributed by atoms with Gasteiger partial charge in [0.2, 0.25) is 4.96 Å². The number of unbranched alkanes of at least 4 members (excludes halogenated alkanes) is 2. The second kappa shape index (κ2) is 9.62. The highest BCUT2D eigenvalue weighted by molar-refractivity contribution is 9.10. The van der Waals surface area contributed by atoms with Crippen molar-refractivity contribution >= 4 is 38.3 Å². The van der Waals surface area contributed by atoms with E-state index in [1.807, 2.05) is 42.5 Å². The molecule has 0 aliphatic carbocycles. The first-order chi connectivity index (χ1) is 15.1. The minimum Gasteiger partial charge on any atom is -0.496 e. The molecule has 0 atom stereocenters. The van der Waals surface area contributed by atoms with Gasteiger partial charge in [0.25, 0.3) is 5.56 Å². The van der Waals surface area contributed by atoms with Crippen LogP contribution >= 0.6 is 27.3 Å². The fourth-order valence-electron chi connectivity index (χ4n) is 3.16. The van der Waals surface area contributed by atoms with Crippen molar-refractivity contribution in [3.63, 3.8) is 0 Å². The predicted octanol–water partition coefficient (Wildman–Crippen LogP) is 4.71. The quantitative estimate of drug-likeness (QED) is 0.328. The fourth-order valence-corrected chi connectivity index (χ4v) is 4.44. The number of hydrogen-bond acceptors (Lipinski definition) is 6. The molecule has 0 bridgehead atoms. The minimum absolute atomic E-state index is 0.198. The molecule has 0 saturated carbocycles. The van der Waals surface area contributed by atoms with Gasteiger partial charge in [-0.3, -0.25) is 4.79 Å². The van der Waals surface area contributed by atoms with E-state index in [1.165, 1.54) is 28.7 Å². The molecule has 160 valence electrons. The van der Waals surface area contributed by atoms with Gasteiger partial charge in [0, 0.05) is 15.6 Å². The number of hydrogen-bond donors (Lipinski definition) is 0. The van der Waals surface area contributed by atoms with Crippen LogP contribution in [0.5, 0.6) is 11.5 Å². The highest BCUT2D eigenvalue weighted by Gasteiger charge is 2.13. The summed E-state index contributed by atoms with van der Waals surface area (Å²) in [6.07, 6.45) is 5.19. The van der Waals surface area contributed by atoms with Crippen LogP contribution in [0.1, 0.15) is 31.7 Å². The van der Waals surface area contributed by atoms with Crippen molar-refractivity contribution in [2.75, 3.05) is 13.7 Å². The maximum Gasteiger partial charge on any atom is 0.291 e. The Bertz CT molecular complexity index is 1300. The highest BCUT2D eigenvalue weighted by Crippen LogP contribution is 2.24. The Morgan fingerprint density at radius 2 is 1.97 bits per heavy atom. The third kappa shape index (κ3) is 4.80. The zero-order valence-corrected chi connectivity index (χ0v) is 19.7. The molecule has 4 rings (SSSR count). The topological polar surface area (TPSA) is 65.7 Å². The van der Waals surface area contributed by atoms with E-state index < -0.39 is 0 Å². The SMILES string of the molecule is CCCCCOc1ccc(-c2nc3sc(=Cc4cc(Br)ccc4OC)c(=O)n3n2)cc1. The molecule has 6 nitrogen and oxygen atoms in total. The number of fused-ring (bicyclic) bond motifs is 1. The van der Waals surface area contributed by atoms with Crippen LogP contribution in [0.15, 0.2) is 51.7 Å². The number of halogens is 1. The number of ether oxygens (including phenoxy) is 2. The molecular weight excluding hydrogens is 478 g/mol. The number of rotatable bonds is 8. The van der Waals surface area contributed by atoms with E-state index in [4.69, 9.17) is 9.47 Å². The highest BCUT2D eigenvalue weighted by atomic mass is 79.9. The average Bonchev–Trinajstić information content (AvgIpc) is 3.31. The zero-order valence-electron chi connectivity index (χ0n) is 17.3. The molecule has 0 N–H and O–H groups in total. The Labute approximate surface area is 192 Å². The number of methoxy groups -OCH3 is 1. The Kier molecular flexibility index (Phi) is 6.67. The van der Waals surface area contributed by atoms with Gasteiger partial charge < -0.3 is 9.47 Å². The van der Waals surface area contributed by atoms with E-state index in [1.54, 1.807) is 13.2 Å². The lowest BCUT2D eigenvalue weighted by atomic mass is 10.2. The first-order valence-electron chi connectivity index (χ1n) is 10.1. The van der Waals surface area contributed by atoms with Crippen molar-refractivity contribution in [1.82, 2.24) is 14.6 Å². The molecular formula is C23H22BrN3O3S. The van der Waals surface area contributed by atoms with Gasteiger partial charge in [-0.15, -0.1) is 5.10 Å². The largest absolute Gasteiger partial charge is 0.496 e. The average molecular weight is 500 g/mol. The first kappa shape index (κ1) is 21.5. The van der Waals surface area contributed by atoms with Crippen LogP contribution in [0.4, 0.5) is 0 Å². The predicted molar refractivity (Wildman–Crippen MR) is 127 cm³/mol. The van der Waals surface area contributed by atoms with Crippen LogP contribution in [-0.4, -0.2) is 28.3 Å². The van der Waals surface area contributed by atoms with Crippen LogP contribution < -0.4 is 19.6 Å². The molecule has 0 aliphatic heterocycles. The molecule has 2 aromatic heterocycles. The number of benzene rings is 2. The maximum atomic E-state index is 12.9. The van der Waals surface area contributed by atoms with Crippen molar-refractivity contribution in [3.05, 3.63) is 67.4 Å². The molecule has 2 aromatic carbocycles. The van der Waals surface area contributed by atoms with Gasteiger partial charge in [0.15, 0.2) is 5.82 Å². The van der Waals surface area contributed by atoms with Crippen LogP contribution in [0, 0.1) is 0 Å². The minimum atomic E-state index is -0.198. The monoisotopic (exact) mass is 499 g/mol. The second-order valence-electron chi connectivity index (χ2n) is 7.01. The van der Waals surface area contributed by atoms with Crippen molar-refractivity contribution in [2.24, 2.45) is 0 Å². The third-order valence-corrected chi connectivity index (χ3v) is 6.24. The number of nitrogens with zero attached hydrogens (tertiary/aromatic N) is 3. The third-order valence-electron chi connectivity index (χ3n) is 4.79. The summed E-state index contributed by atoms with van der Waals surface area (Å²) in [5.41, 5.74) is 1.46. The van der Waals surface area contributed by atoms with E-state index in [9.17, 15) is 4.79 Å². The van der Waals surface area contributed by atoms with E-state index in [0.29, 0.717) is 27.7 Å². The molecule has 0 radical (unpaired) electrons. The van der Waals surface area contributed by atoms with E-state index in [2.05, 4.69) is 32.9 Å². The molecule has 2 heterocycles. The van der Waals surface area contributed by atoms with Gasteiger partial charge in [-0.1, -0.05) is 47.0 Å². The summed E-state index contributed by atoms with van der Waals surface area (Å²) in [7, 11) is 1.61. The summed E-state index contributed by atoms with van der Waals surface area (Å²) in [4.78, 5) is 18.0. The standard InChI is InChI=1S/C23H22BrN3O3S/c1-3-4-5-12-30-18-9-6-15(7-10-18)21-25-23-27(26-21)22(28)20(31-23)14-16-13-17(24)8-11-19(16)29-2/h6-11,13-14H,3-5,12H2,1-2H3. The van der Waals surface area contributed by atoms with Gasteiger partial charge in [-0.25, -0.2) is 0 Å². The second-order valence-corrected chi connectivity index (χ2v) is 8.94. The van der Waals surface area contributed by atoms with Gasteiger partial charge in [-0.2, -0.15) is 9.50 Å². The van der Waals surface area contributed by atoms with E-state index in [-0.39, 0.29) is 5.56 Å². The molecule has 4 aromatic rings. The molecule has 0 spiro atoms. The Hall–Kier alpha value is -2.71. The summed E-state index contributed by atoms with van der Waals surface area (Å²) >= 11 is 4.76. The molecule has 0 unspecified atom stereocenters. The van der Waals surface area contributed by atoms with Crippen molar-refractivity contribution in [1.29, 1.82) is 0 Å². The Balaban J connectivity index is 1.60. The summed E-state index contributed by atoms with van der Waals surface area (Å²) in [5.74, 6) is 2.04. The summed E-state index contributed by atoms with van der Waals surface area (Å²) in [5, 5.41) is 4.42. The van der Waals surface area contributed by atoms with E-state index in [0.717, 1.165) is 27.8 Å². The number of thiazole rings is 1. The lowest BCUT2D eigenvalue weighted by molar-refractivity contribution is 0.306. The smallest absolute Gasteiger partial charge is 0.291 e. The lowest BCUT2D eigenvalue weighted by Gasteiger charge is -2.05. The lowest BCUT2D eigenvalue weighted by Crippen LogP contribution is -2.23. The van der Waals surface area contributed by atoms with Crippen molar-refractivity contribution in [3.8, 4) is 22.9 Å². The molecule has 0 saturated heterocycles. The summed E-state index contributed by atoms with van der Waals surface area (Å²) in [6.45, 7) is 2.89. The van der Waals surface area contributed by atoms with E-state index >= 15 is 0 Å². The van der Waals surface area contributed by atoms with Gasteiger partial charge >= 0.3 is 0 Å². The first-order valence-corrected chi connectivity index (χ1v) is 11.7. The van der Waals surface area contributed by atoms with Crippen LogP contribution in [0.25, 0.3) is 22.4 Å². The van der Waals surface area contributed by atoms with Gasteiger partial charge in [0.05, 0.1) is 18.2 Å². The summed E-state index contributed by atoms with van der Waals surface area (Å²) in [6, 6.07) is 13.3. The van der Waals surface area contributed by atoms with Crippen molar-refractivity contribution in [2.45, 2.75) is 26.2 Å². The Morgan fingerprint density at radius 3 is 2.68 bits per heavy atom. The molecule has 8 heteroatoms. The summed E-state index contributed by atoms with van der Waals surface area (Å²) < 4.78 is 14.0. The molecule has 0 aliphatic rings. The zero-order chi connectivity index (χ0) is 21.8. The van der Waals surface area contributed by atoms with Gasteiger partial charge in [0.1, 0.15) is 11.5 Å². The fraction of sp³-hybridized carbons (Fsp3) is 0.261. The van der Waals surface area contributed by atoms with Crippen LogP contribution in [0.2, 0.25) is 0 Å². The maximum absolute atomic E-state index is 12.9.